The number of nitrogens with one attached hydrogen (secondary N) is 1. The molecule has 34 heavy (non-hydrogen) atoms. The lowest BCUT2D eigenvalue weighted by Crippen LogP contribution is -2.35. The van der Waals surface area contributed by atoms with Gasteiger partial charge < -0.3 is 10.1 Å². The fourth-order valence-corrected chi connectivity index (χ4v) is 3.52. The fourth-order valence-electron chi connectivity index (χ4n) is 2.94. The summed E-state index contributed by atoms with van der Waals surface area (Å²) in [6, 6.07) is 4.56. The first kappa shape index (κ1) is 25.3. The molecule has 182 valence electrons. The Bertz CT molecular complexity index is 1170. The van der Waals surface area contributed by atoms with Gasteiger partial charge in [-0.25, -0.2) is 9.78 Å². The van der Waals surface area contributed by atoms with E-state index in [4.69, 9.17) is 4.74 Å². The lowest BCUT2D eigenvalue weighted by atomic mass is 10.0. The van der Waals surface area contributed by atoms with Gasteiger partial charge in [-0.2, -0.15) is 22.5 Å². The molecule has 0 aromatic carbocycles. The van der Waals surface area contributed by atoms with Crippen LogP contribution in [0, 0.1) is 0 Å². The van der Waals surface area contributed by atoms with Gasteiger partial charge >= 0.3 is 12.3 Å². The third kappa shape index (κ3) is 5.99. The molecule has 3 rings (SSSR count). The zero-order valence-electron chi connectivity index (χ0n) is 19.6. The van der Waals surface area contributed by atoms with Gasteiger partial charge in [0.2, 0.25) is 5.13 Å². The second kappa shape index (κ2) is 9.53. The molecule has 0 aliphatic heterocycles. The minimum absolute atomic E-state index is 0.192. The van der Waals surface area contributed by atoms with Gasteiger partial charge in [-0.1, -0.05) is 13.8 Å². The summed E-state index contributed by atoms with van der Waals surface area (Å²) in [4.78, 5) is 26.0. The molecule has 3 aromatic heterocycles. The number of anilines is 3. The number of pyridine rings is 2. The average Bonchev–Trinajstić information content (AvgIpc) is 3.20. The van der Waals surface area contributed by atoms with E-state index in [0.717, 1.165) is 34.3 Å². The predicted octanol–water partition coefficient (Wildman–Crippen LogP) is 6.25. The topological polar surface area (TPSA) is 93.1 Å². The molecule has 0 unspecified atom stereocenters. The molecule has 0 saturated heterocycles. The van der Waals surface area contributed by atoms with Crippen molar-refractivity contribution >= 4 is 34.3 Å². The molecule has 1 N–H and O–H groups in total. The third-order valence-corrected chi connectivity index (χ3v) is 5.19. The number of halogens is 3. The van der Waals surface area contributed by atoms with Crippen molar-refractivity contribution in [2.45, 2.75) is 52.3 Å². The minimum atomic E-state index is -4.74. The lowest BCUT2D eigenvalue weighted by molar-refractivity contribution is -0.137. The lowest BCUT2D eigenvalue weighted by Gasteiger charge is -2.27. The molecule has 3 aromatic rings. The number of hydrogen-bond donors (Lipinski definition) is 1. The molecule has 0 atom stereocenters. The van der Waals surface area contributed by atoms with Gasteiger partial charge in [-0.3, -0.25) is 9.88 Å². The van der Waals surface area contributed by atoms with Crippen molar-refractivity contribution in [1.82, 2.24) is 19.3 Å². The van der Waals surface area contributed by atoms with Gasteiger partial charge in [-0.05, 0) is 50.5 Å². The number of aromatic nitrogens is 4. The van der Waals surface area contributed by atoms with E-state index in [-0.39, 0.29) is 16.9 Å². The molecular weight excluding hydrogens is 469 g/mol. The molecule has 0 bridgehead atoms. The summed E-state index contributed by atoms with van der Waals surface area (Å²) in [5.74, 6) is 0.386. The van der Waals surface area contributed by atoms with Crippen LogP contribution in [0.1, 0.15) is 51.7 Å². The van der Waals surface area contributed by atoms with Crippen LogP contribution in [0.3, 0.4) is 0 Å². The number of amides is 1. The normalized spacial score (nSPS) is 12.1. The van der Waals surface area contributed by atoms with Crippen molar-refractivity contribution in [2.24, 2.45) is 0 Å². The number of rotatable bonds is 5. The largest absolute Gasteiger partial charge is 0.443 e. The van der Waals surface area contributed by atoms with Gasteiger partial charge in [0, 0.05) is 31.0 Å². The number of carbonyl (C=O) groups is 1. The van der Waals surface area contributed by atoms with Gasteiger partial charge in [0.1, 0.15) is 17.0 Å². The second-order valence-corrected chi connectivity index (χ2v) is 9.52. The van der Waals surface area contributed by atoms with Crippen molar-refractivity contribution in [2.75, 3.05) is 17.3 Å². The average molecular weight is 495 g/mol. The van der Waals surface area contributed by atoms with Gasteiger partial charge in [0.05, 0.1) is 5.56 Å². The highest BCUT2D eigenvalue weighted by molar-refractivity contribution is 7.09. The monoisotopic (exact) mass is 494 g/mol. The van der Waals surface area contributed by atoms with Crippen molar-refractivity contribution in [3.8, 4) is 11.5 Å². The van der Waals surface area contributed by atoms with Gasteiger partial charge in [0.25, 0.3) is 0 Å². The zero-order valence-corrected chi connectivity index (χ0v) is 20.4. The van der Waals surface area contributed by atoms with E-state index in [1.54, 1.807) is 27.0 Å². The van der Waals surface area contributed by atoms with Crippen molar-refractivity contribution < 1.29 is 22.7 Å². The summed E-state index contributed by atoms with van der Waals surface area (Å²) in [5.41, 5.74) is -0.838. The summed E-state index contributed by atoms with van der Waals surface area (Å²) in [6.07, 6.45) is -3.03. The van der Waals surface area contributed by atoms with E-state index in [0.29, 0.717) is 11.5 Å². The highest BCUT2D eigenvalue weighted by Gasteiger charge is 2.38. The third-order valence-electron chi connectivity index (χ3n) is 4.56. The van der Waals surface area contributed by atoms with Gasteiger partial charge in [-0.15, -0.1) is 0 Å². The smallest absolute Gasteiger partial charge is 0.418 e. The summed E-state index contributed by atoms with van der Waals surface area (Å²) < 4.78 is 50.9. The van der Waals surface area contributed by atoms with Crippen molar-refractivity contribution in [3.05, 3.63) is 41.7 Å². The van der Waals surface area contributed by atoms with E-state index in [9.17, 15) is 18.0 Å². The first-order valence-electron chi connectivity index (χ1n) is 10.4. The van der Waals surface area contributed by atoms with Crippen molar-refractivity contribution in [1.29, 1.82) is 0 Å². The zero-order chi connectivity index (χ0) is 25.3. The minimum Gasteiger partial charge on any atom is -0.443 e. The number of hydrogen-bond acceptors (Lipinski definition) is 8. The predicted molar refractivity (Wildman–Crippen MR) is 124 cm³/mol. The van der Waals surface area contributed by atoms with Crippen LogP contribution in [0.5, 0.6) is 0 Å². The summed E-state index contributed by atoms with van der Waals surface area (Å²) in [6.45, 7) is 8.95. The Hall–Kier alpha value is -3.28. The van der Waals surface area contributed by atoms with Crippen LogP contribution in [0.15, 0.2) is 30.6 Å². The van der Waals surface area contributed by atoms with Crippen LogP contribution in [0.2, 0.25) is 0 Å². The maximum atomic E-state index is 13.8. The molecule has 12 heteroatoms. The van der Waals surface area contributed by atoms with E-state index in [1.165, 1.54) is 7.05 Å². The Balaban J connectivity index is 1.98. The molecule has 8 nitrogen and oxygen atoms in total. The number of nitrogens with zero attached hydrogens (tertiary/aromatic N) is 5. The maximum Gasteiger partial charge on any atom is 0.418 e. The molecule has 0 saturated carbocycles. The van der Waals surface area contributed by atoms with Crippen LogP contribution in [0.25, 0.3) is 11.5 Å². The van der Waals surface area contributed by atoms with E-state index in [2.05, 4.69) is 24.6 Å². The Labute approximate surface area is 199 Å². The van der Waals surface area contributed by atoms with Crippen LogP contribution >= 0.6 is 11.5 Å². The molecule has 1 amide bonds. The van der Waals surface area contributed by atoms with Crippen LogP contribution in [-0.2, 0) is 10.9 Å². The van der Waals surface area contributed by atoms with E-state index < -0.39 is 29.1 Å². The summed E-state index contributed by atoms with van der Waals surface area (Å²) in [5, 5.41) is 2.96. The summed E-state index contributed by atoms with van der Waals surface area (Å²) in [7, 11) is 1.19. The molecule has 0 spiro atoms. The Kier molecular flexibility index (Phi) is 7.10. The maximum absolute atomic E-state index is 13.8. The van der Waals surface area contributed by atoms with Crippen molar-refractivity contribution in [3.63, 3.8) is 0 Å². The Morgan fingerprint density at radius 3 is 2.44 bits per heavy atom. The fraction of sp³-hybridized carbons (Fsp3) is 0.409. The van der Waals surface area contributed by atoms with Crippen LogP contribution < -0.4 is 10.2 Å². The molecule has 0 aliphatic rings. The molecule has 0 radical (unpaired) electrons. The number of ether oxygens (including phenoxy) is 1. The first-order chi connectivity index (χ1) is 15.8. The molecule has 3 heterocycles. The number of alkyl halides is 3. The van der Waals surface area contributed by atoms with Gasteiger partial charge in [0.15, 0.2) is 11.6 Å². The quantitative estimate of drug-likeness (QED) is 0.448. The highest BCUT2D eigenvalue weighted by atomic mass is 32.1. The molecule has 0 fully saturated rings. The Morgan fingerprint density at radius 1 is 1.15 bits per heavy atom. The van der Waals surface area contributed by atoms with E-state index >= 15 is 0 Å². The number of carbonyl (C=O) groups excluding carboxylic acids is 1. The Morgan fingerprint density at radius 2 is 1.82 bits per heavy atom. The molecular formula is C22H25F3N6O2S. The standard InChI is InChI=1S/C22H25F3N6O2S/c1-12(2)13-7-9-26-15(11-13)17-28-19(34-30-17)29-18-16(14(8-10-27-18)22(23,24)25)31(6)20(32)33-21(3,4)5/h7-12H,1-6H3,(H,27,28,29,30). The highest BCUT2D eigenvalue weighted by Crippen LogP contribution is 2.41. The summed E-state index contributed by atoms with van der Waals surface area (Å²) >= 11 is 0.937. The van der Waals surface area contributed by atoms with E-state index in [1.807, 2.05) is 26.0 Å². The van der Waals surface area contributed by atoms with Crippen LogP contribution in [-0.4, -0.2) is 38.1 Å². The first-order valence-corrected chi connectivity index (χ1v) is 11.1. The van der Waals surface area contributed by atoms with Crippen LogP contribution in [0.4, 0.5) is 34.6 Å². The second-order valence-electron chi connectivity index (χ2n) is 8.77. The molecule has 0 aliphatic carbocycles. The SMILES string of the molecule is CC(C)c1ccnc(-c2nsc(Nc3nccc(C(F)(F)F)c3N(C)C(=O)OC(C)(C)C)n2)c1.